The van der Waals surface area contributed by atoms with Crippen LogP contribution in [0, 0.1) is 0 Å². The Morgan fingerprint density at radius 3 is 2.62 bits per heavy atom. The van der Waals surface area contributed by atoms with E-state index < -0.39 is 0 Å². The third-order valence-electron chi connectivity index (χ3n) is 5.43. The summed E-state index contributed by atoms with van der Waals surface area (Å²) in [6.45, 7) is 3.55. The minimum atomic E-state index is 0.448. The van der Waals surface area contributed by atoms with Crippen molar-refractivity contribution in [2.75, 3.05) is 6.54 Å². The van der Waals surface area contributed by atoms with Crippen molar-refractivity contribution in [1.82, 2.24) is 4.90 Å². The smallest absolute Gasteiger partial charge is 0.0353 e. The molecule has 2 nitrogen and oxygen atoms in total. The molecule has 0 spiro atoms. The molecule has 0 saturated heterocycles. The second-order valence-corrected chi connectivity index (χ2v) is 6.91. The number of hydrogen-bond donors (Lipinski definition) is 1. The first kappa shape index (κ1) is 15.1. The third kappa shape index (κ3) is 3.32. The van der Waals surface area contributed by atoms with Crippen LogP contribution in [-0.2, 0) is 6.42 Å². The van der Waals surface area contributed by atoms with Gasteiger partial charge < -0.3 is 5.73 Å². The summed E-state index contributed by atoms with van der Waals surface area (Å²) in [4.78, 5) is 2.82. The van der Waals surface area contributed by atoms with E-state index in [2.05, 4.69) is 36.1 Å². The van der Waals surface area contributed by atoms with E-state index >= 15 is 0 Å². The Balaban J connectivity index is 1.81. The van der Waals surface area contributed by atoms with Gasteiger partial charge in [0.25, 0.3) is 0 Å². The summed E-state index contributed by atoms with van der Waals surface area (Å²) in [5.41, 5.74) is 9.30. The van der Waals surface area contributed by atoms with E-state index in [0.29, 0.717) is 12.1 Å². The lowest BCUT2D eigenvalue weighted by Crippen LogP contribution is -2.44. The molecule has 2 aliphatic carbocycles. The zero-order valence-electron chi connectivity index (χ0n) is 13.4. The monoisotopic (exact) mass is 286 g/mol. The molecule has 1 aromatic carbocycles. The molecule has 0 aromatic heterocycles. The maximum absolute atomic E-state index is 6.11. The molecule has 2 aliphatic rings. The summed E-state index contributed by atoms with van der Waals surface area (Å²) in [7, 11) is 0. The molecule has 1 saturated carbocycles. The highest BCUT2D eigenvalue weighted by molar-refractivity contribution is 5.32. The molecule has 21 heavy (non-hydrogen) atoms. The Labute approximate surface area is 129 Å². The number of nitrogens with two attached hydrogens (primary N) is 1. The topological polar surface area (TPSA) is 29.3 Å². The predicted octanol–water partition coefficient (Wildman–Crippen LogP) is 4.05. The van der Waals surface area contributed by atoms with Crippen molar-refractivity contribution in [3.63, 3.8) is 0 Å². The molecule has 1 unspecified atom stereocenters. The van der Waals surface area contributed by atoms with Gasteiger partial charge in [-0.2, -0.15) is 0 Å². The van der Waals surface area contributed by atoms with E-state index in [0.717, 1.165) is 6.04 Å². The van der Waals surface area contributed by atoms with Gasteiger partial charge in [0.2, 0.25) is 0 Å². The van der Waals surface area contributed by atoms with Crippen molar-refractivity contribution >= 4 is 0 Å². The Hall–Kier alpha value is -0.860. The van der Waals surface area contributed by atoms with Gasteiger partial charge in [-0.15, -0.1) is 0 Å². The van der Waals surface area contributed by atoms with E-state index in [4.69, 9.17) is 5.73 Å². The largest absolute Gasteiger partial charge is 0.328 e. The highest BCUT2D eigenvalue weighted by atomic mass is 15.2. The summed E-state index contributed by atoms with van der Waals surface area (Å²) < 4.78 is 0. The predicted molar refractivity (Wildman–Crippen MR) is 89.3 cm³/mol. The number of rotatable bonds is 4. The van der Waals surface area contributed by atoms with Crippen LogP contribution in [0.5, 0.6) is 0 Å². The molecule has 3 rings (SSSR count). The standard InChI is InChI=1S/C19H30N2/c1-2-14-21(17-12-10-16(20)11-13-17)19-9-5-7-15-6-3-4-8-18(15)19/h3-4,6,8,16-17,19H,2,5,7,9-14,20H2,1H3. The lowest BCUT2D eigenvalue weighted by Gasteiger charge is -2.43. The molecule has 116 valence electrons. The summed E-state index contributed by atoms with van der Waals surface area (Å²) in [5.74, 6) is 0. The highest BCUT2D eigenvalue weighted by Crippen LogP contribution is 2.38. The van der Waals surface area contributed by atoms with E-state index in [9.17, 15) is 0 Å². The third-order valence-corrected chi connectivity index (χ3v) is 5.43. The first-order valence-corrected chi connectivity index (χ1v) is 8.88. The fourth-order valence-electron chi connectivity index (χ4n) is 4.36. The molecule has 2 heteroatoms. The minimum Gasteiger partial charge on any atom is -0.328 e. The maximum Gasteiger partial charge on any atom is 0.0353 e. The van der Waals surface area contributed by atoms with E-state index in [1.54, 1.807) is 11.1 Å². The van der Waals surface area contributed by atoms with Gasteiger partial charge in [0.15, 0.2) is 0 Å². The van der Waals surface area contributed by atoms with Crippen LogP contribution in [0.25, 0.3) is 0 Å². The van der Waals surface area contributed by atoms with Gasteiger partial charge in [-0.05, 0) is 69.0 Å². The van der Waals surface area contributed by atoms with Crippen molar-refractivity contribution in [1.29, 1.82) is 0 Å². The van der Waals surface area contributed by atoms with Crippen molar-refractivity contribution < 1.29 is 0 Å². The van der Waals surface area contributed by atoms with Gasteiger partial charge in [-0.3, -0.25) is 4.90 Å². The number of nitrogens with zero attached hydrogens (tertiary/aromatic N) is 1. The molecule has 1 atom stereocenters. The highest BCUT2D eigenvalue weighted by Gasteiger charge is 2.31. The summed E-state index contributed by atoms with van der Waals surface area (Å²) in [6, 6.07) is 11.0. The summed E-state index contributed by atoms with van der Waals surface area (Å²) in [6.07, 6.45) is 10.2. The van der Waals surface area contributed by atoms with Gasteiger partial charge in [-0.1, -0.05) is 31.2 Å². The van der Waals surface area contributed by atoms with Crippen molar-refractivity contribution in [2.45, 2.75) is 76.4 Å². The fourth-order valence-corrected chi connectivity index (χ4v) is 4.36. The van der Waals surface area contributed by atoms with Crippen LogP contribution in [-0.4, -0.2) is 23.5 Å². The van der Waals surface area contributed by atoms with Crippen LogP contribution >= 0.6 is 0 Å². The summed E-state index contributed by atoms with van der Waals surface area (Å²) >= 11 is 0. The summed E-state index contributed by atoms with van der Waals surface area (Å²) in [5, 5.41) is 0. The molecule has 0 bridgehead atoms. The minimum absolute atomic E-state index is 0.448. The van der Waals surface area contributed by atoms with E-state index in [1.807, 2.05) is 0 Å². The van der Waals surface area contributed by atoms with Crippen molar-refractivity contribution in [3.05, 3.63) is 35.4 Å². The quantitative estimate of drug-likeness (QED) is 0.905. The fraction of sp³-hybridized carbons (Fsp3) is 0.684. The number of aryl methyl sites for hydroxylation is 1. The second kappa shape index (κ2) is 6.93. The van der Waals surface area contributed by atoms with Crippen LogP contribution in [0.2, 0.25) is 0 Å². The van der Waals surface area contributed by atoms with Gasteiger partial charge in [-0.25, -0.2) is 0 Å². The molecule has 0 heterocycles. The Morgan fingerprint density at radius 2 is 1.86 bits per heavy atom. The van der Waals surface area contributed by atoms with Crippen LogP contribution in [0.3, 0.4) is 0 Å². The molecule has 1 aromatic rings. The van der Waals surface area contributed by atoms with Crippen molar-refractivity contribution in [2.24, 2.45) is 5.73 Å². The molecule has 1 fully saturated rings. The van der Waals surface area contributed by atoms with Gasteiger partial charge in [0.1, 0.15) is 0 Å². The molecular weight excluding hydrogens is 256 g/mol. The zero-order valence-corrected chi connectivity index (χ0v) is 13.4. The zero-order chi connectivity index (χ0) is 14.7. The number of hydrogen-bond acceptors (Lipinski definition) is 2. The van der Waals surface area contributed by atoms with E-state index in [1.165, 1.54) is 57.9 Å². The first-order chi connectivity index (χ1) is 10.3. The molecular formula is C19H30N2. The van der Waals surface area contributed by atoms with Gasteiger partial charge in [0, 0.05) is 18.1 Å². The molecule has 0 radical (unpaired) electrons. The molecule has 2 N–H and O–H groups in total. The maximum atomic E-state index is 6.11. The lowest BCUT2D eigenvalue weighted by molar-refractivity contribution is 0.0889. The Bertz CT molecular complexity index is 449. The van der Waals surface area contributed by atoms with Gasteiger partial charge in [0.05, 0.1) is 0 Å². The normalized spacial score (nSPS) is 29.4. The SMILES string of the molecule is CCCN(C1CCC(N)CC1)C1CCCc2ccccc21. The van der Waals surface area contributed by atoms with Crippen LogP contribution in [0.1, 0.15) is 69.0 Å². The Kier molecular flexibility index (Phi) is 4.97. The van der Waals surface area contributed by atoms with E-state index in [-0.39, 0.29) is 0 Å². The second-order valence-electron chi connectivity index (χ2n) is 6.91. The lowest BCUT2D eigenvalue weighted by atomic mass is 9.83. The van der Waals surface area contributed by atoms with Crippen LogP contribution in [0.15, 0.2) is 24.3 Å². The van der Waals surface area contributed by atoms with Crippen LogP contribution in [0.4, 0.5) is 0 Å². The van der Waals surface area contributed by atoms with Crippen molar-refractivity contribution in [3.8, 4) is 0 Å². The Morgan fingerprint density at radius 1 is 1.10 bits per heavy atom. The van der Waals surface area contributed by atoms with Crippen LogP contribution < -0.4 is 5.73 Å². The van der Waals surface area contributed by atoms with Gasteiger partial charge >= 0.3 is 0 Å². The number of benzene rings is 1. The molecule has 0 amide bonds. The number of fused-ring (bicyclic) bond motifs is 1. The first-order valence-electron chi connectivity index (χ1n) is 8.88. The molecule has 0 aliphatic heterocycles. The average Bonchev–Trinajstić information content (AvgIpc) is 2.53. The average molecular weight is 286 g/mol.